The van der Waals surface area contributed by atoms with Crippen LogP contribution < -0.4 is 10.9 Å². The van der Waals surface area contributed by atoms with E-state index in [1.165, 1.54) is 0 Å². The highest BCUT2D eigenvalue weighted by atomic mass is 35.5. The van der Waals surface area contributed by atoms with Gasteiger partial charge in [-0.25, -0.2) is 0 Å². The van der Waals surface area contributed by atoms with E-state index in [9.17, 15) is 9.59 Å². The van der Waals surface area contributed by atoms with Crippen molar-refractivity contribution >= 4 is 17.5 Å². The average molecular weight is 305 g/mol. The van der Waals surface area contributed by atoms with E-state index < -0.39 is 0 Å². The number of H-pyrrole nitrogens is 1. The number of carbonyl (C=O) groups is 1. The van der Waals surface area contributed by atoms with Crippen LogP contribution in [0.3, 0.4) is 0 Å². The summed E-state index contributed by atoms with van der Waals surface area (Å²) in [6.45, 7) is 5.66. The van der Waals surface area contributed by atoms with Crippen LogP contribution in [0, 0.1) is 20.8 Å². The molecule has 0 atom stereocenters. The summed E-state index contributed by atoms with van der Waals surface area (Å²) in [7, 11) is 0. The van der Waals surface area contributed by atoms with Crippen molar-refractivity contribution in [2.45, 2.75) is 27.3 Å². The van der Waals surface area contributed by atoms with Gasteiger partial charge in [0, 0.05) is 28.4 Å². The summed E-state index contributed by atoms with van der Waals surface area (Å²) in [6, 6.07) is 7.06. The minimum atomic E-state index is -0.241. The molecule has 0 saturated heterocycles. The van der Waals surface area contributed by atoms with Gasteiger partial charge in [0.15, 0.2) is 0 Å². The Bertz CT molecular complexity index is 750. The molecule has 1 aromatic carbocycles. The number of hydrogen-bond donors (Lipinski definition) is 2. The van der Waals surface area contributed by atoms with E-state index >= 15 is 0 Å². The smallest absolute Gasteiger partial charge is 0.253 e. The Kier molecular flexibility index (Phi) is 4.48. The first kappa shape index (κ1) is 15.3. The van der Waals surface area contributed by atoms with Crippen LogP contribution in [0.2, 0.25) is 5.02 Å². The standard InChI is InChI=1S/C16H17ClN2O2/c1-9-7-10(2)19-16(21)13(9)8-18-15(20)12-5-4-6-14(17)11(12)3/h4-7H,8H2,1-3H3,(H,18,20)(H,19,21). The molecule has 4 nitrogen and oxygen atoms in total. The van der Waals surface area contributed by atoms with Crippen molar-refractivity contribution in [2.75, 3.05) is 0 Å². The lowest BCUT2D eigenvalue weighted by atomic mass is 10.1. The van der Waals surface area contributed by atoms with Crippen molar-refractivity contribution in [3.8, 4) is 0 Å². The van der Waals surface area contributed by atoms with E-state index in [0.29, 0.717) is 16.1 Å². The third-order valence-electron chi connectivity index (χ3n) is 3.43. The van der Waals surface area contributed by atoms with E-state index in [4.69, 9.17) is 11.6 Å². The van der Waals surface area contributed by atoms with Gasteiger partial charge in [-0.2, -0.15) is 0 Å². The van der Waals surface area contributed by atoms with Crippen molar-refractivity contribution < 1.29 is 4.79 Å². The molecule has 1 heterocycles. The van der Waals surface area contributed by atoms with Crippen LogP contribution >= 0.6 is 11.6 Å². The maximum Gasteiger partial charge on any atom is 0.253 e. The molecule has 0 saturated carbocycles. The van der Waals surface area contributed by atoms with E-state index in [2.05, 4.69) is 10.3 Å². The number of pyridine rings is 1. The van der Waals surface area contributed by atoms with Crippen molar-refractivity contribution in [2.24, 2.45) is 0 Å². The van der Waals surface area contributed by atoms with E-state index in [-0.39, 0.29) is 18.0 Å². The number of aromatic amines is 1. The predicted octanol–water partition coefficient (Wildman–Crippen LogP) is 2.88. The van der Waals surface area contributed by atoms with Crippen molar-refractivity contribution in [3.63, 3.8) is 0 Å². The maximum atomic E-state index is 12.2. The van der Waals surface area contributed by atoms with Gasteiger partial charge < -0.3 is 10.3 Å². The number of amides is 1. The zero-order chi connectivity index (χ0) is 15.6. The molecule has 0 spiro atoms. The Morgan fingerprint density at radius 2 is 2.00 bits per heavy atom. The van der Waals surface area contributed by atoms with Gasteiger partial charge in [0.25, 0.3) is 11.5 Å². The second kappa shape index (κ2) is 6.14. The summed E-state index contributed by atoms with van der Waals surface area (Å²) in [5.74, 6) is -0.241. The van der Waals surface area contributed by atoms with Gasteiger partial charge >= 0.3 is 0 Å². The highest BCUT2D eigenvalue weighted by molar-refractivity contribution is 6.31. The van der Waals surface area contributed by atoms with E-state index in [0.717, 1.165) is 16.8 Å². The SMILES string of the molecule is Cc1cc(C)c(CNC(=O)c2cccc(Cl)c2C)c(=O)[nH]1. The average Bonchev–Trinajstić information content (AvgIpc) is 2.40. The Morgan fingerprint density at radius 1 is 1.29 bits per heavy atom. The Morgan fingerprint density at radius 3 is 2.67 bits per heavy atom. The quantitative estimate of drug-likeness (QED) is 0.916. The molecule has 0 unspecified atom stereocenters. The number of carbonyl (C=O) groups excluding carboxylic acids is 1. The third kappa shape index (κ3) is 3.34. The molecule has 2 N–H and O–H groups in total. The zero-order valence-corrected chi connectivity index (χ0v) is 13.0. The first-order chi connectivity index (χ1) is 9.90. The third-order valence-corrected chi connectivity index (χ3v) is 3.84. The lowest BCUT2D eigenvalue weighted by Crippen LogP contribution is -2.28. The number of aromatic nitrogens is 1. The lowest BCUT2D eigenvalue weighted by Gasteiger charge is -2.10. The molecule has 1 aromatic heterocycles. The second-order valence-corrected chi connectivity index (χ2v) is 5.45. The molecule has 1 amide bonds. The molecule has 0 fully saturated rings. The number of rotatable bonds is 3. The number of nitrogens with one attached hydrogen (secondary N) is 2. The van der Waals surface area contributed by atoms with Gasteiger partial charge in [0.05, 0.1) is 0 Å². The first-order valence-electron chi connectivity index (χ1n) is 6.63. The summed E-state index contributed by atoms with van der Waals surface area (Å²) in [4.78, 5) is 26.8. The van der Waals surface area contributed by atoms with Crippen molar-refractivity contribution in [1.82, 2.24) is 10.3 Å². The molecule has 21 heavy (non-hydrogen) atoms. The van der Waals surface area contributed by atoms with Gasteiger partial charge in [-0.3, -0.25) is 9.59 Å². The predicted molar refractivity (Wildman–Crippen MR) is 83.9 cm³/mol. The molecule has 2 aromatic rings. The Balaban J connectivity index is 2.19. The summed E-state index contributed by atoms with van der Waals surface area (Å²) >= 11 is 6.01. The van der Waals surface area contributed by atoms with Crippen LogP contribution in [0.15, 0.2) is 29.1 Å². The highest BCUT2D eigenvalue weighted by Gasteiger charge is 2.12. The Labute approximate surface area is 128 Å². The lowest BCUT2D eigenvalue weighted by molar-refractivity contribution is 0.0950. The number of aryl methyl sites for hydroxylation is 2. The molecule has 0 aliphatic heterocycles. The monoisotopic (exact) mass is 304 g/mol. The van der Waals surface area contributed by atoms with Crippen LogP contribution in [0.5, 0.6) is 0 Å². The maximum absolute atomic E-state index is 12.2. The minimum absolute atomic E-state index is 0.171. The molecule has 110 valence electrons. The van der Waals surface area contributed by atoms with Crippen molar-refractivity contribution in [3.05, 3.63) is 67.6 Å². The molecular formula is C16H17ClN2O2. The number of hydrogen-bond acceptors (Lipinski definition) is 2. The minimum Gasteiger partial charge on any atom is -0.348 e. The van der Waals surface area contributed by atoms with Gasteiger partial charge in [-0.1, -0.05) is 17.7 Å². The van der Waals surface area contributed by atoms with Gasteiger partial charge in [-0.15, -0.1) is 0 Å². The van der Waals surface area contributed by atoms with Crippen LogP contribution in [0.4, 0.5) is 0 Å². The largest absolute Gasteiger partial charge is 0.348 e. The van der Waals surface area contributed by atoms with Crippen LogP contribution in [-0.4, -0.2) is 10.9 Å². The highest BCUT2D eigenvalue weighted by Crippen LogP contribution is 2.18. The van der Waals surface area contributed by atoms with Gasteiger partial charge in [-0.05, 0) is 50.1 Å². The normalized spacial score (nSPS) is 10.5. The van der Waals surface area contributed by atoms with Crippen molar-refractivity contribution in [1.29, 1.82) is 0 Å². The number of benzene rings is 1. The fourth-order valence-corrected chi connectivity index (χ4v) is 2.39. The summed E-state index contributed by atoms with van der Waals surface area (Å²) < 4.78 is 0. The summed E-state index contributed by atoms with van der Waals surface area (Å²) in [5, 5.41) is 3.32. The molecule has 2 rings (SSSR count). The van der Waals surface area contributed by atoms with Gasteiger partial charge in [0.1, 0.15) is 0 Å². The fraction of sp³-hybridized carbons (Fsp3) is 0.250. The summed E-state index contributed by atoms with van der Waals surface area (Å²) in [5.41, 5.74) is 3.30. The molecule has 5 heteroatoms. The second-order valence-electron chi connectivity index (χ2n) is 5.04. The Hall–Kier alpha value is -2.07. The molecule has 0 bridgehead atoms. The number of halogens is 1. The van der Waals surface area contributed by atoms with Crippen LogP contribution in [0.1, 0.15) is 32.7 Å². The van der Waals surface area contributed by atoms with Gasteiger partial charge in [0.2, 0.25) is 0 Å². The molecular weight excluding hydrogens is 288 g/mol. The first-order valence-corrected chi connectivity index (χ1v) is 7.00. The van der Waals surface area contributed by atoms with Crippen LogP contribution in [0.25, 0.3) is 0 Å². The zero-order valence-electron chi connectivity index (χ0n) is 12.2. The van der Waals surface area contributed by atoms with Crippen LogP contribution in [-0.2, 0) is 6.54 Å². The molecule has 0 radical (unpaired) electrons. The topological polar surface area (TPSA) is 62.0 Å². The van der Waals surface area contributed by atoms with E-state index in [1.807, 2.05) is 19.9 Å². The summed E-state index contributed by atoms with van der Waals surface area (Å²) in [6.07, 6.45) is 0. The fourth-order valence-electron chi connectivity index (χ4n) is 2.22. The van der Waals surface area contributed by atoms with E-state index in [1.54, 1.807) is 25.1 Å². The molecule has 0 aliphatic carbocycles. The molecule has 0 aliphatic rings.